The molecule has 0 radical (unpaired) electrons. The standard InChI is InChI=1S/C13H21N5/c1-10(2)18-8-12(6-16-18)5-14-11(3)13-7-15-17(4)9-13/h6-11,14H,5H2,1-4H3. The molecule has 2 aromatic rings. The Morgan fingerprint density at radius 3 is 2.50 bits per heavy atom. The molecule has 0 saturated carbocycles. The highest BCUT2D eigenvalue weighted by molar-refractivity contribution is 5.10. The molecule has 0 amide bonds. The number of nitrogens with one attached hydrogen (secondary N) is 1. The van der Waals surface area contributed by atoms with Gasteiger partial charge in [-0.1, -0.05) is 0 Å². The molecule has 5 heteroatoms. The molecule has 1 N–H and O–H groups in total. The van der Waals surface area contributed by atoms with Gasteiger partial charge in [-0.25, -0.2) is 0 Å². The van der Waals surface area contributed by atoms with Crippen molar-refractivity contribution in [3.8, 4) is 0 Å². The molecule has 2 aromatic heterocycles. The van der Waals surface area contributed by atoms with Crippen LogP contribution in [0.15, 0.2) is 24.8 Å². The molecule has 5 nitrogen and oxygen atoms in total. The van der Waals surface area contributed by atoms with Gasteiger partial charge in [-0.15, -0.1) is 0 Å². The van der Waals surface area contributed by atoms with E-state index in [1.54, 1.807) is 0 Å². The predicted molar refractivity (Wildman–Crippen MR) is 71.1 cm³/mol. The van der Waals surface area contributed by atoms with Crippen LogP contribution in [0, 0.1) is 0 Å². The second-order valence-electron chi connectivity index (χ2n) is 4.97. The second kappa shape index (κ2) is 5.35. The monoisotopic (exact) mass is 247 g/mol. The van der Waals surface area contributed by atoms with E-state index < -0.39 is 0 Å². The lowest BCUT2D eigenvalue weighted by Crippen LogP contribution is -2.17. The molecule has 0 bridgehead atoms. The van der Waals surface area contributed by atoms with Gasteiger partial charge in [0.25, 0.3) is 0 Å². The summed E-state index contributed by atoms with van der Waals surface area (Å²) in [6.07, 6.45) is 7.95. The Labute approximate surface area is 108 Å². The van der Waals surface area contributed by atoms with Crippen LogP contribution in [0.2, 0.25) is 0 Å². The van der Waals surface area contributed by atoms with Gasteiger partial charge in [-0.3, -0.25) is 9.36 Å². The highest BCUT2D eigenvalue weighted by Crippen LogP contribution is 2.12. The fraction of sp³-hybridized carbons (Fsp3) is 0.538. The smallest absolute Gasteiger partial charge is 0.0537 e. The fourth-order valence-electron chi connectivity index (χ4n) is 1.80. The van der Waals surface area contributed by atoms with Gasteiger partial charge < -0.3 is 5.32 Å². The first kappa shape index (κ1) is 12.8. The Hall–Kier alpha value is -1.62. The van der Waals surface area contributed by atoms with E-state index in [2.05, 4.69) is 42.5 Å². The van der Waals surface area contributed by atoms with E-state index in [0.29, 0.717) is 12.1 Å². The van der Waals surface area contributed by atoms with Gasteiger partial charge in [-0.2, -0.15) is 10.2 Å². The molecule has 0 aliphatic carbocycles. The molecule has 0 aromatic carbocycles. The summed E-state index contributed by atoms with van der Waals surface area (Å²) < 4.78 is 3.80. The van der Waals surface area contributed by atoms with Crippen molar-refractivity contribution in [2.45, 2.75) is 39.4 Å². The Bertz CT molecular complexity index is 497. The van der Waals surface area contributed by atoms with E-state index in [1.807, 2.05) is 35.0 Å². The van der Waals surface area contributed by atoms with E-state index in [0.717, 1.165) is 6.54 Å². The number of aromatic nitrogens is 4. The van der Waals surface area contributed by atoms with Gasteiger partial charge in [0, 0.05) is 49.2 Å². The predicted octanol–water partition coefficient (Wildman–Crippen LogP) is 2.05. The van der Waals surface area contributed by atoms with Crippen molar-refractivity contribution in [1.82, 2.24) is 24.9 Å². The van der Waals surface area contributed by atoms with Crippen LogP contribution in [0.4, 0.5) is 0 Å². The van der Waals surface area contributed by atoms with Crippen molar-refractivity contribution in [3.05, 3.63) is 35.9 Å². The molecule has 1 atom stereocenters. The maximum absolute atomic E-state index is 4.33. The molecular formula is C13H21N5. The van der Waals surface area contributed by atoms with Crippen LogP contribution in [0.25, 0.3) is 0 Å². The summed E-state index contributed by atoms with van der Waals surface area (Å²) in [5.74, 6) is 0. The highest BCUT2D eigenvalue weighted by atomic mass is 15.3. The van der Waals surface area contributed by atoms with Crippen molar-refractivity contribution in [1.29, 1.82) is 0 Å². The van der Waals surface area contributed by atoms with Gasteiger partial charge >= 0.3 is 0 Å². The van der Waals surface area contributed by atoms with E-state index in [9.17, 15) is 0 Å². The number of rotatable bonds is 5. The number of aryl methyl sites for hydroxylation is 1. The molecule has 0 fully saturated rings. The third kappa shape index (κ3) is 2.98. The molecule has 0 aliphatic heterocycles. The summed E-state index contributed by atoms with van der Waals surface area (Å²) in [6.45, 7) is 7.22. The lowest BCUT2D eigenvalue weighted by Gasteiger charge is -2.10. The summed E-state index contributed by atoms with van der Waals surface area (Å²) in [6, 6.07) is 0.704. The van der Waals surface area contributed by atoms with E-state index >= 15 is 0 Å². The van der Waals surface area contributed by atoms with Gasteiger partial charge in [0.2, 0.25) is 0 Å². The first-order valence-corrected chi connectivity index (χ1v) is 6.31. The summed E-state index contributed by atoms with van der Waals surface area (Å²) in [5, 5.41) is 12.0. The van der Waals surface area contributed by atoms with Crippen LogP contribution < -0.4 is 5.32 Å². The Morgan fingerprint density at radius 1 is 1.17 bits per heavy atom. The number of nitrogens with zero attached hydrogens (tertiary/aromatic N) is 4. The van der Waals surface area contributed by atoms with Gasteiger partial charge in [0.15, 0.2) is 0 Å². The Morgan fingerprint density at radius 2 is 1.94 bits per heavy atom. The summed E-state index contributed by atoms with van der Waals surface area (Å²) in [4.78, 5) is 0. The van der Waals surface area contributed by atoms with Crippen LogP contribution in [0.5, 0.6) is 0 Å². The third-order valence-electron chi connectivity index (χ3n) is 3.02. The third-order valence-corrected chi connectivity index (χ3v) is 3.02. The normalized spacial score (nSPS) is 13.2. The molecular weight excluding hydrogens is 226 g/mol. The van der Waals surface area contributed by atoms with Crippen LogP contribution in [0.1, 0.15) is 44.0 Å². The molecule has 18 heavy (non-hydrogen) atoms. The van der Waals surface area contributed by atoms with E-state index in [1.165, 1.54) is 11.1 Å². The molecule has 2 heterocycles. The van der Waals surface area contributed by atoms with Crippen LogP contribution in [0.3, 0.4) is 0 Å². The van der Waals surface area contributed by atoms with Crippen molar-refractivity contribution in [3.63, 3.8) is 0 Å². The maximum Gasteiger partial charge on any atom is 0.0537 e. The van der Waals surface area contributed by atoms with E-state index in [4.69, 9.17) is 0 Å². The Kier molecular flexibility index (Phi) is 3.81. The van der Waals surface area contributed by atoms with Crippen LogP contribution in [-0.2, 0) is 13.6 Å². The zero-order valence-corrected chi connectivity index (χ0v) is 11.5. The number of hydrogen-bond donors (Lipinski definition) is 1. The van der Waals surface area contributed by atoms with Gasteiger partial charge in [-0.05, 0) is 20.8 Å². The molecule has 2 rings (SSSR count). The lowest BCUT2D eigenvalue weighted by molar-refractivity contribution is 0.530. The van der Waals surface area contributed by atoms with Crippen LogP contribution >= 0.6 is 0 Å². The zero-order chi connectivity index (χ0) is 13.1. The van der Waals surface area contributed by atoms with Gasteiger partial charge in [0.1, 0.15) is 0 Å². The first-order valence-electron chi connectivity index (χ1n) is 6.31. The van der Waals surface area contributed by atoms with Crippen molar-refractivity contribution >= 4 is 0 Å². The minimum absolute atomic E-state index is 0.293. The lowest BCUT2D eigenvalue weighted by atomic mass is 10.2. The molecule has 1 unspecified atom stereocenters. The minimum Gasteiger partial charge on any atom is -0.306 e. The quantitative estimate of drug-likeness (QED) is 0.879. The summed E-state index contributed by atoms with van der Waals surface area (Å²) in [5.41, 5.74) is 2.41. The second-order valence-corrected chi connectivity index (χ2v) is 4.97. The average molecular weight is 247 g/mol. The summed E-state index contributed by atoms with van der Waals surface area (Å²) in [7, 11) is 1.93. The maximum atomic E-state index is 4.33. The van der Waals surface area contributed by atoms with Crippen LogP contribution in [-0.4, -0.2) is 19.6 Å². The van der Waals surface area contributed by atoms with Crippen molar-refractivity contribution in [2.75, 3.05) is 0 Å². The van der Waals surface area contributed by atoms with E-state index in [-0.39, 0.29) is 0 Å². The van der Waals surface area contributed by atoms with Crippen molar-refractivity contribution < 1.29 is 0 Å². The SMILES string of the molecule is CC(NCc1cnn(C(C)C)c1)c1cnn(C)c1. The molecule has 0 aliphatic rings. The Balaban J connectivity index is 1.90. The zero-order valence-electron chi connectivity index (χ0n) is 11.5. The molecule has 0 spiro atoms. The average Bonchev–Trinajstić information content (AvgIpc) is 2.94. The van der Waals surface area contributed by atoms with Gasteiger partial charge in [0.05, 0.1) is 12.4 Å². The van der Waals surface area contributed by atoms with Crippen molar-refractivity contribution in [2.24, 2.45) is 7.05 Å². The highest BCUT2D eigenvalue weighted by Gasteiger charge is 2.08. The fourth-order valence-corrected chi connectivity index (χ4v) is 1.80. The first-order chi connectivity index (χ1) is 8.56. The molecule has 0 saturated heterocycles. The largest absolute Gasteiger partial charge is 0.306 e. The molecule has 98 valence electrons. The topological polar surface area (TPSA) is 47.7 Å². The minimum atomic E-state index is 0.293. The summed E-state index contributed by atoms with van der Waals surface area (Å²) >= 11 is 0. The number of hydrogen-bond acceptors (Lipinski definition) is 3.